The van der Waals surface area contributed by atoms with Crippen molar-refractivity contribution in [3.8, 4) is 0 Å². The number of hydrogen-bond acceptors (Lipinski definition) is 3. The summed E-state index contributed by atoms with van der Waals surface area (Å²) >= 11 is 11.9. The third kappa shape index (κ3) is 6.22. The topological polar surface area (TPSA) is 35.6 Å². The summed E-state index contributed by atoms with van der Waals surface area (Å²) in [7, 11) is 0. The van der Waals surface area contributed by atoms with Crippen LogP contribution in [0.1, 0.15) is 22.3 Å². The van der Waals surface area contributed by atoms with Crippen molar-refractivity contribution < 1.29 is 4.79 Å². The van der Waals surface area contributed by atoms with Crippen LogP contribution < -0.4 is 5.32 Å². The van der Waals surface area contributed by atoms with E-state index in [0.29, 0.717) is 22.2 Å². The van der Waals surface area contributed by atoms with E-state index < -0.39 is 0 Å². The first kappa shape index (κ1) is 20.2. The highest BCUT2D eigenvalue weighted by atomic mass is 35.5. The van der Waals surface area contributed by atoms with Gasteiger partial charge in [0.1, 0.15) is 0 Å². The van der Waals surface area contributed by atoms with Crippen LogP contribution in [0, 0.1) is 0 Å². The summed E-state index contributed by atoms with van der Waals surface area (Å²) in [5.41, 5.74) is 1.84. The molecule has 1 amide bonds. The quantitative estimate of drug-likeness (QED) is 0.708. The molecule has 144 valence electrons. The van der Waals surface area contributed by atoms with Gasteiger partial charge in [0.2, 0.25) is 0 Å². The first-order valence-corrected chi connectivity index (χ1v) is 10.1. The highest BCUT2D eigenvalue weighted by Crippen LogP contribution is 2.20. The van der Waals surface area contributed by atoms with Gasteiger partial charge in [-0.25, -0.2) is 0 Å². The summed E-state index contributed by atoms with van der Waals surface area (Å²) in [6, 6.07) is 15.5. The summed E-state index contributed by atoms with van der Waals surface area (Å²) in [6.07, 6.45) is 0.926. The maximum atomic E-state index is 12.2. The number of piperazine rings is 1. The molecule has 0 spiro atoms. The molecular formula is C21H25Cl2N3O. The van der Waals surface area contributed by atoms with Crippen LogP contribution in [0.15, 0.2) is 48.5 Å². The number of carbonyl (C=O) groups excluding carboxylic acids is 1. The van der Waals surface area contributed by atoms with E-state index in [1.54, 1.807) is 18.2 Å². The van der Waals surface area contributed by atoms with E-state index in [-0.39, 0.29) is 5.91 Å². The average Bonchev–Trinajstić information content (AvgIpc) is 2.67. The van der Waals surface area contributed by atoms with E-state index in [2.05, 4.69) is 45.4 Å². The molecule has 6 heteroatoms. The van der Waals surface area contributed by atoms with Gasteiger partial charge in [0.25, 0.3) is 5.91 Å². The Hall–Kier alpha value is -1.59. The number of carbonyl (C=O) groups is 1. The van der Waals surface area contributed by atoms with Crippen molar-refractivity contribution in [2.75, 3.05) is 39.3 Å². The number of nitrogens with zero attached hydrogens (tertiary/aromatic N) is 2. The maximum absolute atomic E-state index is 12.2. The first-order valence-electron chi connectivity index (χ1n) is 9.34. The third-order valence-electron chi connectivity index (χ3n) is 4.83. The molecule has 1 aliphatic heterocycles. The van der Waals surface area contributed by atoms with Crippen LogP contribution in [0.3, 0.4) is 0 Å². The Balaban J connectivity index is 1.33. The molecule has 0 saturated carbocycles. The van der Waals surface area contributed by atoms with Gasteiger partial charge in [-0.2, -0.15) is 0 Å². The molecule has 27 heavy (non-hydrogen) atoms. The van der Waals surface area contributed by atoms with Gasteiger partial charge in [-0.15, -0.1) is 0 Å². The van der Waals surface area contributed by atoms with Gasteiger partial charge in [-0.05, 0) is 36.7 Å². The van der Waals surface area contributed by atoms with Gasteiger partial charge >= 0.3 is 0 Å². The van der Waals surface area contributed by atoms with Gasteiger partial charge in [-0.3, -0.25) is 9.69 Å². The summed E-state index contributed by atoms with van der Waals surface area (Å²) in [5.74, 6) is -0.149. The zero-order chi connectivity index (χ0) is 19.1. The Morgan fingerprint density at radius 3 is 2.37 bits per heavy atom. The largest absolute Gasteiger partial charge is 0.352 e. The number of rotatable bonds is 7. The molecule has 0 bridgehead atoms. The zero-order valence-corrected chi connectivity index (χ0v) is 16.8. The van der Waals surface area contributed by atoms with Crippen molar-refractivity contribution in [2.45, 2.75) is 13.0 Å². The molecule has 1 aliphatic rings. The Bertz CT molecular complexity index is 746. The van der Waals surface area contributed by atoms with E-state index in [1.807, 2.05) is 0 Å². The van der Waals surface area contributed by atoms with Crippen molar-refractivity contribution in [1.29, 1.82) is 0 Å². The van der Waals surface area contributed by atoms with Gasteiger partial charge in [0, 0.05) is 44.3 Å². The SMILES string of the molecule is O=C(NCCCN1CCN(Cc2ccccc2)CC1)c1ccc(Cl)cc1Cl. The van der Waals surface area contributed by atoms with Crippen molar-refractivity contribution >= 4 is 29.1 Å². The Labute approximate surface area is 171 Å². The van der Waals surface area contributed by atoms with Crippen molar-refractivity contribution in [1.82, 2.24) is 15.1 Å². The summed E-state index contributed by atoms with van der Waals surface area (Å²) in [6.45, 7) is 6.97. The molecule has 4 nitrogen and oxygen atoms in total. The van der Waals surface area contributed by atoms with Crippen molar-refractivity contribution in [2.24, 2.45) is 0 Å². The van der Waals surface area contributed by atoms with Crippen LogP contribution in [-0.2, 0) is 6.54 Å². The molecule has 1 N–H and O–H groups in total. The van der Waals surface area contributed by atoms with E-state index >= 15 is 0 Å². The fourth-order valence-corrected chi connectivity index (χ4v) is 3.78. The first-order chi connectivity index (χ1) is 13.1. The molecule has 0 aliphatic carbocycles. The average molecular weight is 406 g/mol. The minimum absolute atomic E-state index is 0.149. The lowest BCUT2D eigenvalue weighted by molar-refractivity contribution is 0.0947. The van der Waals surface area contributed by atoms with Crippen LogP contribution in [0.4, 0.5) is 0 Å². The van der Waals surface area contributed by atoms with E-state index in [9.17, 15) is 4.79 Å². The minimum atomic E-state index is -0.149. The Kier molecular flexibility index (Phi) is 7.53. The summed E-state index contributed by atoms with van der Waals surface area (Å²) in [5, 5.41) is 3.85. The predicted molar refractivity (Wildman–Crippen MR) is 112 cm³/mol. The molecule has 2 aromatic rings. The molecule has 1 fully saturated rings. The number of nitrogens with one attached hydrogen (secondary N) is 1. The lowest BCUT2D eigenvalue weighted by Gasteiger charge is -2.34. The lowest BCUT2D eigenvalue weighted by Crippen LogP contribution is -2.46. The monoisotopic (exact) mass is 405 g/mol. The smallest absolute Gasteiger partial charge is 0.252 e. The zero-order valence-electron chi connectivity index (χ0n) is 15.3. The molecule has 0 aromatic heterocycles. The molecule has 0 radical (unpaired) electrons. The lowest BCUT2D eigenvalue weighted by atomic mass is 10.2. The van der Waals surface area contributed by atoms with Gasteiger partial charge in [-0.1, -0.05) is 53.5 Å². The Morgan fingerprint density at radius 1 is 0.963 bits per heavy atom. The number of hydrogen-bond donors (Lipinski definition) is 1. The molecular weight excluding hydrogens is 381 g/mol. The predicted octanol–water partition coefficient (Wildman–Crippen LogP) is 3.93. The van der Waals surface area contributed by atoms with Gasteiger partial charge in [0.15, 0.2) is 0 Å². The highest BCUT2D eigenvalue weighted by Gasteiger charge is 2.16. The Morgan fingerprint density at radius 2 is 1.67 bits per heavy atom. The van der Waals surface area contributed by atoms with Crippen LogP contribution in [0.25, 0.3) is 0 Å². The summed E-state index contributed by atoms with van der Waals surface area (Å²) in [4.78, 5) is 17.1. The number of amides is 1. The fourth-order valence-electron chi connectivity index (χ4n) is 3.29. The highest BCUT2D eigenvalue weighted by molar-refractivity contribution is 6.36. The molecule has 0 unspecified atom stereocenters. The second-order valence-electron chi connectivity index (χ2n) is 6.84. The van der Waals surface area contributed by atoms with Crippen LogP contribution >= 0.6 is 23.2 Å². The minimum Gasteiger partial charge on any atom is -0.352 e. The van der Waals surface area contributed by atoms with E-state index in [4.69, 9.17) is 23.2 Å². The van der Waals surface area contributed by atoms with Crippen molar-refractivity contribution in [3.05, 3.63) is 69.7 Å². The second-order valence-corrected chi connectivity index (χ2v) is 7.68. The summed E-state index contributed by atoms with van der Waals surface area (Å²) < 4.78 is 0. The molecule has 0 atom stereocenters. The molecule has 2 aromatic carbocycles. The standard InChI is InChI=1S/C21H25Cl2N3O/c22-18-7-8-19(20(23)15-18)21(27)24-9-4-10-25-11-13-26(14-12-25)16-17-5-2-1-3-6-17/h1-3,5-8,15H,4,9-14,16H2,(H,24,27). The normalized spacial score (nSPS) is 15.6. The third-order valence-corrected chi connectivity index (χ3v) is 5.37. The molecule has 3 rings (SSSR count). The molecule has 1 heterocycles. The van der Waals surface area contributed by atoms with Crippen LogP contribution in [0.5, 0.6) is 0 Å². The van der Waals surface area contributed by atoms with Crippen molar-refractivity contribution in [3.63, 3.8) is 0 Å². The maximum Gasteiger partial charge on any atom is 0.252 e. The second kappa shape index (κ2) is 10.1. The van der Waals surface area contributed by atoms with Gasteiger partial charge < -0.3 is 10.2 Å². The van der Waals surface area contributed by atoms with Gasteiger partial charge in [0.05, 0.1) is 10.6 Å². The number of halogens is 2. The van der Waals surface area contributed by atoms with Crippen LogP contribution in [-0.4, -0.2) is 55.0 Å². The number of benzene rings is 2. The molecule has 1 saturated heterocycles. The fraction of sp³-hybridized carbons (Fsp3) is 0.381. The van der Waals surface area contributed by atoms with E-state index in [0.717, 1.165) is 45.7 Å². The van der Waals surface area contributed by atoms with Crippen LogP contribution in [0.2, 0.25) is 10.0 Å². The van der Waals surface area contributed by atoms with E-state index in [1.165, 1.54) is 5.56 Å².